The number of methoxy groups -OCH3 is 1. The fourth-order valence-electron chi connectivity index (χ4n) is 3.61. The summed E-state index contributed by atoms with van der Waals surface area (Å²) in [7, 11) is 5.64. The highest BCUT2D eigenvalue weighted by atomic mass is 16.5. The van der Waals surface area contributed by atoms with E-state index in [2.05, 4.69) is 24.4 Å². The van der Waals surface area contributed by atoms with E-state index in [0.717, 1.165) is 25.0 Å². The summed E-state index contributed by atoms with van der Waals surface area (Å²) < 4.78 is 5.41. The van der Waals surface area contributed by atoms with Crippen LogP contribution in [-0.2, 0) is 9.53 Å². The zero-order valence-corrected chi connectivity index (χ0v) is 14.9. The van der Waals surface area contributed by atoms with Crippen molar-refractivity contribution >= 4 is 5.91 Å². The highest BCUT2D eigenvalue weighted by molar-refractivity contribution is 5.83. The number of nitrogens with one attached hydrogen (secondary N) is 1. The molecule has 4 nitrogen and oxygen atoms in total. The topological polar surface area (TPSA) is 41.6 Å². The van der Waals surface area contributed by atoms with Gasteiger partial charge < -0.3 is 10.1 Å². The van der Waals surface area contributed by atoms with Crippen LogP contribution in [0.15, 0.2) is 24.3 Å². The second kappa shape index (κ2) is 7.93. The molecule has 1 saturated carbocycles. The van der Waals surface area contributed by atoms with Crippen LogP contribution in [0.25, 0.3) is 0 Å². The van der Waals surface area contributed by atoms with E-state index in [1.54, 1.807) is 7.11 Å². The quantitative estimate of drug-likeness (QED) is 0.840. The van der Waals surface area contributed by atoms with Crippen LogP contribution < -0.4 is 5.32 Å². The Labute approximate surface area is 140 Å². The molecule has 0 heterocycles. The molecule has 1 aliphatic rings. The number of likely N-dealkylation sites (N-methyl/N-ethyl adjacent to an activating group) is 1. The summed E-state index contributed by atoms with van der Waals surface area (Å²) in [4.78, 5) is 14.7. The molecule has 1 amide bonds. The molecule has 1 fully saturated rings. The van der Waals surface area contributed by atoms with Crippen molar-refractivity contribution in [3.63, 3.8) is 0 Å². The number of ether oxygens (including phenoxy) is 1. The van der Waals surface area contributed by atoms with Crippen molar-refractivity contribution < 1.29 is 9.53 Å². The minimum atomic E-state index is -0.253. The van der Waals surface area contributed by atoms with Gasteiger partial charge in [0.05, 0.1) is 6.61 Å². The van der Waals surface area contributed by atoms with E-state index in [0.29, 0.717) is 6.54 Å². The fraction of sp³-hybridized carbons (Fsp3) is 0.632. The number of benzene rings is 1. The van der Waals surface area contributed by atoms with Crippen molar-refractivity contribution in [1.82, 2.24) is 10.2 Å². The van der Waals surface area contributed by atoms with Gasteiger partial charge in [0.25, 0.3) is 0 Å². The smallest absolute Gasteiger partial charge is 0.241 e. The minimum Gasteiger partial charge on any atom is -0.384 e. The maximum Gasteiger partial charge on any atom is 0.241 e. The first-order valence-electron chi connectivity index (χ1n) is 8.47. The molecule has 0 aliphatic heterocycles. The van der Waals surface area contributed by atoms with Crippen molar-refractivity contribution in [2.45, 2.75) is 38.6 Å². The Morgan fingerprint density at radius 3 is 2.39 bits per heavy atom. The maximum absolute atomic E-state index is 12.8. The molecule has 1 aliphatic carbocycles. The standard InChI is InChI=1S/C19H30N2O2/c1-15-7-9-16(10-8-15)17(21(2)3)18(22)20-13-19(14-23-4)11-5-6-12-19/h7-10,17H,5-6,11-14H2,1-4H3,(H,20,22)/t17-/m0/s1. The van der Waals surface area contributed by atoms with Crippen LogP contribution >= 0.6 is 0 Å². The summed E-state index contributed by atoms with van der Waals surface area (Å²) >= 11 is 0. The van der Waals surface area contributed by atoms with E-state index in [1.807, 2.05) is 31.1 Å². The van der Waals surface area contributed by atoms with Gasteiger partial charge in [0, 0.05) is 19.1 Å². The van der Waals surface area contributed by atoms with Gasteiger partial charge in [0.2, 0.25) is 5.91 Å². The molecule has 0 spiro atoms. The van der Waals surface area contributed by atoms with Crippen LogP contribution in [0.1, 0.15) is 42.9 Å². The highest BCUT2D eigenvalue weighted by Gasteiger charge is 2.35. The lowest BCUT2D eigenvalue weighted by atomic mass is 9.87. The highest BCUT2D eigenvalue weighted by Crippen LogP contribution is 2.37. The molecule has 23 heavy (non-hydrogen) atoms. The van der Waals surface area contributed by atoms with Gasteiger partial charge in [-0.1, -0.05) is 42.7 Å². The van der Waals surface area contributed by atoms with Crippen molar-refractivity contribution in [3.05, 3.63) is 35.4 Å². The van der Waals surface area contributed by atoms with Crippen LogP contribution in [-0.4, -0.2) is 45.2 Å². The molecule has 0 bridgehead atoms. The van der Waals surface area contributed by atoms with Crippen LogP contribution in [0.3, 0.4) is 0 Å². The number of carbonyl (C=O) groups excluding carboxylic acids is 1. The van der Waals surface area contributed by atoms with E-state index in [1.165, 1.54) is 18.4 Å². The second-order valence-electron chi connectivity index (χ2n) is 7.13. The average molecular weight is 318 g/mol. The molecule has 0 unspecified atom stereocenters. The predicted molar refractivity (Wildman–Crippen MR) is 93.4 cm³/mol. The molecule has 1 aromatic carbocycles. The first-order valence-corrected chi connectivity index (χ1v) is 8.47. The molecular formula is C19H30N2O2. The van der Waals surface area contributed by atoms with Gasteiger partial charge in [-0.25, -0.2) is 0 Å². The number of carbonyl (C=O) groups is 1. The Hall–Kier alpha value is -1.39. The minimum absolute atomic E-state index is 0.0706. The Morgan fingerprint density at radius 1 is 1.26 bits per heavy atom. The fourth-order valence-corrected chi connectivity index (χ4v) is 3.61. The molecular weight excluding hydrogens is 288 g/mol. The van der Waals surface area contributed by atoms with Gasteiger partial charge in [0.1, 0.15) is 6.04 Å². The third-order valence-corrected chi connectivity index (χ3v) is 4.91. The van der Waals surface area contributed by atoms with E-state index >= 15 is 0 Å². The largest absolute Gasteiger partial charge is 0.384 e. The van der Waals surface area contributed by atoms with Crippen molar-refractivity contribution in [2.24, 2.45) is 5.41 Å². The summed E-state index contributed by atoms with van der Waals surface area (Å²) in [5.41, 5.74) is 2.36. The zero-order chi connectivity index (χ0) is 16.9. The van der Waals surface area contributed by atoms with Gasteiger partial charge in [0.15, 0.2) is 0 Å². The summed E-state index contributed by atoms with van der Waals surface area (Å²) in [6, 6.07) is 7.95. The zero-order valence-electron chi connectivity index (χ0n) is 14.9. The van der Waals surface area contributed by atoms with E-state index in [-0.39, 0.29) is 17.4 Å². The molecule has 0 radical (unpaired) electrons. The van der Waals surface area contributed by atoms with E-state index in [4.69, 9.17) is 4.74 Å². The normalized spacial score (nSPS) is 18.1. The molecule has 0 aromatic heterocycles. The lowest BCUT2D eigenvalue weighted by Gasteiger charge is -2.30. The van der Waals surface area contributed by atoms with Gasteiger partial charge in [-0.3, -0.25) is 9.69 Å². The summed E-state index contributed by atoms with van der Waals surface area (Å²) in [5.74, 6) is 0.0706. The third kappa shape index (κ3) is 4.55. The Balaban J connectivity index is 2.05. The molecule has 0 saturated heterocycles. The van der Waals surface area contributed by atoms with Gasteiger partial charge >= 0.3 is 0 Å². The first-order chi connectivity index (χ1) is 11.0. The summed E-state index contributed by atoms with van der Waals surface area (Å²) in [6.45, 7) is 3.49. The number of rotatable bonds is 7. The van der Waals surface area contributed by atoms with Crippen molar-refractivity contribution in [3.8, 4) is 0 Å². The average Bonchev–Trinajstić information content (AvgIpc) is 2.96. The van der Waals surface area contributed by atoms with Crippen LogP contribution in [0.4, 0.5) is 0 Å². The lowest BCUT2D eigenvalue weighted by Crippen LogP contribution is -2.43. The molecule has 128 valence electrons. The van der Waals surface area contributed by atoms with E-state index in [9.17, 15) is 4.79 Å². The molecule has 1 atom stereocenters. The first kappa shape index (κ1) is 18.0. The molecule has 2 rings (SSSR count). The van der Waals surface area contributed by atoms with Gasteiger partial charge in [-0.05, 0) is 39.4 Å². The Kier molecular flexibility index (Phi) is 6.19. The van der Waals surface area contributed by atoms with Crippen molar-refractivity contribution in [2.75, 3.05) is 34.4 Å². The number of amides is 1. The SMILES string of the molecule is COCC1(CNC(=O)[C@H](c2ccc(C)cc2)N(C)C)CCCC1. The van der Waals surface area contributed by atoms with Crippen LogP contribution in [0.5, 0.6) is 0 Å². The van der Waals surface area contributed by atoms with Crippen LogP contribution in [0.2, 0.25) is 0 Å². The lowest BCUT2D eigenvalue weighted by molar-refractivity contribution is -0.126. The van der Waals surface area contributed by atoms with Gasteiger partial charge in [-0.2, -0.15) is 0 Å². The van der Waals surface area contributed by atoms with Crippen LogP contribution in [0, 0.1) is 12.3 Å². The maximum atomic E-state index is 12.8. The number of aryl methyl sites for hydroxylation is 1. The summed E-state index contributed by atoms with van der Waals surface area (Å²) in [5, 5.41) is 3.18. The van der Waals surface area contributed by atoms with E-state index < -0.39 is 0 Å². The van der Waals surface area contributed by atoms with Crippen molar-refractivity contribution in [1.29, 1.82) is 0 Å². The number of hydrogen-bond donors (Lipinski definition) is 1. The monoisotopic (exact) mass is 318 g/mol. The number of nitrogens with zero attached hydrogens (tertiary/aromatic N) is 1. The Morgan fingerprint density at radius 2 is 1.87 bits per heavy atom. The van der Waals surface area contributed by atoms with Gasteiger partial charge in [-0.15, -0.1) is 0 Å². The number of hydrogen-bond acceptors (Lipinski definition) is 3. The predicted octanol–water partition coefficient (Wildman–Crippen LogP) is 2.92. The molecule has 4 heteroatoms. The molecule has 1 N–H and O–H groups in total. The summed E-state index contributed by atoms with van der Waals surface area (Å²) in [6.07, 6.45) is 4.74. The second-order valence-corrected chi connectivity index (χ2v) is 7.13. The third-order valence-electron chi connectivity index (χ3n) is 4.91. The Bertz CT molecular complexity index is 505. The molecule has 1 aromatic rings.